The van der Waals surface area contributed by atoms with E-state index in [2.05, 4.69) is 15.9 Å². The van der Waals surface area contributed by atoms with E-state index in [1.807, 2.05) is 0 Å². The van der Waals surface area contributed by atoms with Gasteiger partial charge in [0, 0.05) is 4.47 Å². The van der Waals surface area contributed by atoms with Gasteiger partial charge in [-0.05, 0) is 48.4 Å². The molecule has 0 unspecified atom stereocenters. The maximum atomic E-state index is 13.3. The van der Waals surface area contributed by atoms with Crippen LogP contribution in [0, 0.1) is 5.82 Å². The van der Waals surface area contributed by atoms with Crippen molar-refractivity contribution in [2.24, 2.45) is 0 Å². The highest BCUT2D eigenvalue weighted by Crippen LogP contribution is 2.31. The molecule has 2 rings (SSSR count). The molecule has 0 radical (unpaired) electrons. The van der Waals surface area contributed by atoms with E-state index in [0.717, 1.165) is 5.56 Å². The van der Waals surface area contributed by atoms with Crippen molar-refractivity contribution in [2.75, 3.05) is 7.11 Å². The lowest BCUT2D eigenvalue weighted by Crippen LogP contribution is -2.00. The fraction of sp³-hybridized carbons (Fsp3) is 0.250. The van der Waals surface area contributed by atoms with Gasteiger partial charge < -0.3 is 14.6 Å². The van der Waals surface area contributed by atoms with Crippen molar-refractivity contribution >= 4 is 15.9 Å². The maximum Gasteiger partial charge on any atom is 0.161 e. The lowest BCUT2D eigenvalue weighted by molar-refractivity contribution is 0.198. The average molecular weight is 355 g/mol. The summed E-state index contributed by atoms with van der Waals surface area (Å²) in [5.74, 6) is 0.755. The Labute approximate surface area is 131 Å². The number of hydrogen-bond donors (Lipinski definition) is 1. The van der Waals surface area contributed by atoms with Gasteiger partial charge in [0.2, 0.25) is 0 Å². The SMILES string of the molecule is COc1cc([C@H](C)O)ccc1OCc1cc(F)cc(Br)c1. The van der Waals surface area contributed by atoms with Crippen LogP contribution < -0.4 is 9.47 Å². The summed E-state index contributed by atoms with van der Waals surface area (Å²) in [4.78, 5) is 0. The smallest absolute Gasteiger partial charge is 0.161 e. The third-order valence-corrected chi connectivity index (χ3v) is 3.44. The van der Waals surface area contributed by atoms with Crippen LogP contribution in [0.3, 0.4) is 0 Å². The fourth-order valence-electron chi connectivity index (χ4n) is 1.92. The number of aliphatic hydroxyl groups excluding tert-OH is 1. The van der Waals surface area contributed by atoms with E-state index in [-0.39, 0.29) is 12.4 Å². The highest BCUT2D eigenvalue weighted by Gasteiger charge is 2.09. The van der Waals surface area contributed by atoms with E-state index in [4.69, 9.17) is 9.47 Å². The summed E-state index contributed by atoms with van der Waals surface area (Å²) >= 11 is 3.24. The van der Waals surface area contributed by atoms with Gasteiger partial charge in [0.25, 0.3) is 0 Å². The van der Waals surface area contributed by atoms with Crippen LogP contribution >= 0.6 is 15.9 Å². The van der Waals surface area contributed by atoms with Crippen LogP contribution in [0.25, 0.3) is 0 Å². The monoisotopic (exact) mass is 354 g/mol. The van der Waals surface area contributed by atoms with Gasteiger partial charge in [0.1, 0.15) is 12.4 Å². The first-order chi connectivity index (χ1) is 9.99. The first kappa shape index (κ1) is 15.8. The molecule has 0 aliphatic rings. The summed E-state index contributed by atoms with van der Waals surface area (Å²) in [5.41, 5.74) is 1.45. The second-order valence-electron chi connectivity index (χ2n) is 4.65. The van der Waals surface area contributed by atoms with Gasteiger partial charge in [-0.3, -0.25) is 0 Å². The van der Waals surface area contributed by atoms with E-state index in [9.17, 15) is 9.50 Å². The first-order valence-corrected chi connectivity index (χ1v) is 7.22. The summed E-state index contributed by atoms with van der Waals surface area (Å²) in [6.45, 7) is 1.90. The van der Waals surface area contributed by atoms with E-state index >= 15 is 0 Å². The maximum absolute atomic E-state index is 13.3. The Hall–Kier alpha value is -1.59. The van der Waals surface area contributed by atoms with Crippen molar-refractivity contribution in [2.45, 2.75) is 19.6 Å². The second-order valence-corrected chi connectivity index (χ2v) is 5.57. The molecular weight excluding hydrogens is 339 g/mol. The molecule has 2 aromatic carbocycles. The lowest BCUT2D eigenvalue weighted by Gasteiger charge is -2.13. The molecule has 0 amide bonds. The Balaban J connectivity index is 2.15. The third-order valence-electron chi connectivity index (χ3n) is 2.99. The zero-order chi connectivity index (χ0) is 15.4. The van der Waals surface area contributed by atoms with Gasteiger partial charge >= 0.3 is 0 Å². The van der Waals surface area contributed by atoms with Crippen molar-refractivity contribution in [3.05, 3.63) is 57.8 Å². The van der Waals surface area contributed by atoms with Crippen molar-refractivity contribution in [3.63, 3.8) is 0 Å². The standard InChI is InChI=1S/C16H16BrFO3/c1-10(19)12-3-4-15(16(7-12)20-2)21-9-11-5-13(17)8-14(18)6-11/h3-8,10,19H,9H2,1-2H3/t10-/m0/s1. The quantitative estimate of drug-likeness (QED) is 0.873. The Morgan fingerprint density at radius 2 is 1.95 bits per heavy atom. The number of hydrogen-bond acceptors (Lipinski definition) is 3. The molecule has 5 heteroatoms. The fourth-order valence-corrected chi connectivity index (χ4v) is 2.43. The van der Waals surface area contributed by atoms with Crippen LogP contribution in [0.5, 0.6) is 11.5 Å². The third kappa shape index (κ3) is 4.19. The van der Waals surface area contributed by atoms with Gasteiger partial charge in [0.15, 0.2) is 11.5 Å². The van der Waals surface area contributed by atoms with Crippen LogP contribution in [0.4, 0.5) is 4.39 Å². The van der Waals surface area contributed by atoms with Crippen molar-refractivity contribution < 1.29 is 19.0 Å². The van der Waals surface area contributed by atoms with E-state index in [1.54, 1.807) is 31.2 Å². The lowest BCUT2D eigenvalue weighted by atomic mass is 10.1. The van der Waals surface area contributed by atoms with Gasteiger partial charge in [-0.25, -0.2) is 4.39 Å². The highest BCUT2D eigenvalue weighted by atomic mass is 79.9. The van der Waals surface area contributed by atoms with Crippen molar-refractivity contribution in [1.29, 1.82) is 0 Å². The molecule has 1 atom stereocenters. The van der Waals surface area contributed by atoms with Crippen LogP contribution in [-0.2, 0) is 6.61 Å². The zero-order valence-electron chi connectivity index (χ0n) is 11.8. The van der Waals surface area contributed by atoms with Crippen molar-refractivity contribution in [1.82, 2.24) is 0 Å². The molecule has 1 N–H and O–H groups in total. The minimum Gasteiger partial charge on any atom is -0.493 e. The van der Waals surface area contributed by atoms with Crippen LogP contribution in [0.2, 0.25) is 0 Å². The average Bonchev–Trinajstić information content (AvgIpc) is 2.43. The molecule has 0 bridgehead atoms. The molecule has 0 aliphatic carbocycles. The number of benzene rings is 2. The van der Waals surface area contributed by atoms with Gasteiger partial charge in [0.05, 0.1) is 13.2 Å². The molecule has 3 nitrogen and oxygen atoms in total. The Kier molecular flexibility index (Phi) is 5.20. The van der Waals surface area contributed by atoms with Gasteiger partial charge in [-0.1, -0.05) is 22.0 Å². The summed E-state index contributed by atoms with van der Waals surface area (Å²) in [6.07, 6.45) is -0.577. The Morgan fingerprint density at radius 1 is 1.19 bits per heavy atom. The van der Waals surface area contributed by atoms with Gasteiger partial charge in [-0.15, -0.1) is 0 Å². The highest BCUT2D eigenvalue weighted by molar-refractivity contribution is 9.10. The molecule has 0 saturated heterocycles. The first-order valence-electron chi connectivity index (χ1n) is 6.43. The largest absolute Gasteiger partial charge is 0.493 e. The minimum absolute atomic E-state index is 0.223. The van der Waals surface area contributed by atoms with E-state index < -0.39 is 6.10 Å². The number of ether oxygens (including phenoxy) is 2. The molecule has 0 fully saturated rings. The molecular formula is C16H16BrFO3. The molecule has 112 valence electrons. The summed E-state index contributed by atoms with van der Waals surface area (Å²) in [6, 6.07) is 9.82. The normalized spacial score (nSPS) is 12.0. The molecule has 0 aromatic heterocycles. The number of rotatable bonds is 5. The van der Waals surface area contributed by atoms with Gasteiger partial charge in [-0.2, -0.15) is 0 Å². The Morgan fingerprint density at radius 3 is 2.57 bits per heavy atom. The molecule has 0 aliphatic heterocycles. The number of methoxy groups -OCH3 is 1. The number of aliphatic hydroxyl groups is 1. The summed E-state index contributed by atoms with van der Waals surface area (Å²) in [5, 5.41) is 9.56. The van der Waals surface area contributed by atoms with Crippen LogP contribution in [0.15, 0.2) is 40.9 Å². The van der Waals surface area contributed by atoms with E-state index in [0.29, 0.717) is 21.5 Å². The molecule has 0 heterocycles. The van der Waals surface area contributed by atoms with Crippen LogP contribution in [-0.4, -0.2) is 12.2 Å². The van der Waals surface area contributed by atoms with E-state index in [1.165, 1.54) is 19.2 Å². The van der Waals surface area contributed by atoms with Crippen LogP contribution in [0.1, 0.15) is 24.2 Å². The molecule has 0 saturated carbocycles. The molecule has 21 heavy (non-hydrogen) atoms. The molecule has 2 aromatic rings. The predicted molar refractivity (Wildman–Crippen MR) is 82.1 cm³/mol. The summed E-state index contributed by atoms with van der Waals surface area (Å²) < 4.78 is 24.9. The topological polar surface area (TPSA) is 38.7 Å². The summed E-state index contributed by atoms with van der Waals surface area (Å²) in [7, 11) is 1.53. The second kappa shape index (κ2) is 6.91. The molecule has 0 spiro atoms. The minimum atomic E-state index is -0.577. The predicted octanol–water partition coefficient (Wildman–Crippen LogP) is 4.23. The van der Waals surface area contributed by atoms with Crippen molar-refractivity contribution in [3.8, 4) is 11.5 Å². The number of halogens is 2. The zero-order valence-corrected chi connectivity index (χ0v) is 13.4. The Bertz CT molecular complexity index is 609.